The molecule has 1 heterocycles. The van der Waals surface area contributed by atoms with Gasteiger partial charge in [-0.05, 0) is 35.9 Å². The summed E-state index contributed by atoms with van der Waals surface area (Å²) in [4.78, 5) is 12.3. The lowest BCUT2D eigenvalue weighted by molar-refractivity contribution is 0.0602. The third-order valence-corrected chi connectivity index (χ3v) is 4.43. The number of hydrogen-bond acceptors (Lipinski definition) is 3. The van der Waals surface area contributed by atoms with Crippen LogP contribution in [0.3, 0.4) is 0 Å². The number of methoxy groups -OCH3 is 1. The minimum atomic E-state index is -0.358. The van der Waals surface area contributed by atoms with E-state index in [0.717, 1.165) is 22.2 Å². The van der Waals surface area contributed by atoms with Crippen LogP contribution in [0.1, 0.15) is 15.9 Å². The number of aromatic nitrogens is 1. The molecule has 0 atom stereocenters. The van der Waals surface area contributed by atoms with Gasteiger partial charge in [-0.1, -0.05) is 48.5 Å². The lowest BCUT2D eigenvalue weighted by Gasteiger charge is -2.08. The maximum absolute atomic E-state index is 12.3. The van der Waals surface area contributed by atoms with Crippen molar-refractivity contribution in [3.8, 4) is 11.5 Å². The second-order valence-electron chi connectivity index (χ2n) is 6.24. The minimum absolute atomic E-state index is 0.358. The molecule has 0 unspecified atom stereocenters. The Morgan fingerprint density at radius 2 is 1.59 bits per heavy atom. The summed E-state index contributed by atoms with van der Waals surface area (Å²) in [5.74, 6) is 1.07. The van der Waals surface area contributed by atoms with Gasteiger partial charge in [0.25, 0.3) is 0 Å². The highest BCUT2D eigenvalue weighted by atomic mass is 16.5. The number of nitrogens with zero attached hydrogens (tertiary/aromatic N) is 1. The highest BCUT2D eigenvalue weighted by Crippen LogP contribution is 2.30. The number of benzene rings is 3. The van der Waals surface area contributed by atoms with E-state index in [2.05, 4.69) is 16.7 Å². The first-order chi connectivity index (χ1) is 13.2. The smallest absolute Gasteiger partial charge is 0.340 e. The van der Waals surface area contributed by atoms with Crippen LogP contribution in [0.25, 0.3) is 10.9 Å². The predicted octanol–water partition coefficient (Wildman–Crippen LogP) is 5.27. The van der Waals surface area contributed by atoms with Gasteiger partial charge in [0.15, 0.2) is 0 Å². The fourth-order valence-corrected chi connectivity index (χ4v) is 3.15. The molecule has 27 heavy (non-hydrogen) atoms. The van der Waals surface area contributed by atoms with Crippen molar-refractivity contribution in [3.05, 3.63) is 96.2 Å². The number of carbonyl (C=O) groups is 1. The number of carbonyl (C=O) groups excluding carboxylic acids is 1. The number of fused-ring (bicyclic) bond motifs is 1. The van der Waals surface area contributed by atoms with Crippen molar-refractivity contribution in [1.29, 1.82) is 0 Å². The number of para-hydroxylation sites is 1. The van der Waals surface area contributed by atoms with Crippen LogP contribution in [0.5, 0.6) is 11.5 Å². The molecule has 0 aliphatic heterocycles. The van der Waals surface area contributed by atoms with Gasteiger partial charge in [-0.25, -0.2) is 4.79 Å². The van der Waals surface area contributed by atoms with E-state index < -0.39 is 0 Å². The Hall–Kier alpha value is -3.53. The molecule has 4 rings (SSSR count). The number of esters is 1. The van der Waals surface area contributed by atoms with E-state index in [0.29, 0.717) is 17.9 Å². The van der Waals surface area contributed by atoms with Crippen molar-refractivity contribution in [1.82, 2.24) is 4.57 Å². The molecule has 4 nitrogen and oxygen atoms in total. The molecule has 0 aliphatic carbocycles. The normalized spacial score (nSPS) is 10.7. The summed E-state index contributed by atoms with van der Waals surface area (Å²) >= 11 is 0. The summed E-state index contributed by atoms with van der Waals surface area (Å²) in [6.45, 7) is 0.674. The minimum Gasteiger partial charge on any atom is -0.465 e. The molecule has 0 spiro atoms. The first-order valence-corrected chi connectivity index (χ1v) is 8.72. The summed E-state index contributed by atoms with van der Waals surface area (Å²) in [5.41, 5.74) is 2.65. The zero-order valence-corrected chi connectivity index (χ0v) is 15.0. The fraction of sp³-hybridized carbons (Fsp3) is 0.0870. The van der Waals surface area contributed by atoms with Crippen LogP contribution in [0.4, 0.5) is 0 Å². The molecule has 4 aromatic rings. The Labute approximate surface area is 157 Å². The zero-order chi connectivity index (χ0) is 18.6. The lowest BCUT2D eigenvalue weighted by Crippen LogP contribution is -2.01. The van der Waals surface area contributed by atoms with E-state index >= 15 is 0 Å². The maximum Gasteiger partial charge on any atom is 0.340 e. The van der Waals surface area contributed by atoms with Gasteiger partial charge in [-0.15, -0.1) is 0 Å². The molecule has 0 saturated carbocycles. The Bertz CT molecular complexity index is 1070. The van der Waals surface area contributed by atoms with E-state index in [9.17, 15) is 4.79 Å². The molecule has 0 saturated heterocycles. The standard InChI is InChI=1S/C23H19NO3/c1-26-23(25)21-16-24(15-17-8-4-2-5-9-17)22-13-12-19(14-20(21)22)27-18-10-6-3-7-11-18/h2-14,16H,15H2,1H3. The van der Waals surface area contributed by atoms with E-state index in [1.54, 1.807) is 0 Å². The van der Waals surface area contributed by atoms with Crippen LogP contribution >= 0.6 is 0 Å². The first-order valence-electron chi connectivity index (χ1n) is 8.72. The summed E-state index contributed by atoms with van der Waals surface area (Å²) in [6, 6.07) is 25.5. The van der Waals surface area contributed by atoms with Gasteiger partial charge in [-0.2, -0.15) is 0 Å². The predicted molar refractivity (Wildman–Crippen MR) is 105 cm³/mol. The van der Waals surface area contributed by atoms with Crippen molar-refractivity contribution in [3.63, 3.8) is 0 Å². The molecule has 3 aromatic carbocycles. The van der Waals surface area contributed by atoms with Crippen molar-refractivity contribution in [2.75, 3.05) is 7.11 Å². The summed E-state index contributed by atoms with van der Waals surface area (Å²) in [6.07, 6.45) is 1.84. The molecular formula is C23H19NO3. The summed E-state index contributed by atoms with van der Waals surface area (Å²) < 4.78 is 13.0. The zero-order valence-electron chi connectivity index (χ0n) is 15.0. The van der Waals surface area contributed by atoms with Crippen molar-refractivity contribution < 1.29 is 14.3 Å². The van der Waals surface area contributed by atoms with Crippen molar-refractivity contribution in [2.45, 2.75) is 6.54 Å². The first kappa shape index (κ1) is 16.9. The molecule has 1 aromatic heterocycles. The molecular weight excluding hydrogens is 338 g/mol. The van der Waals surface area contributed by atoms with Gasteiger partial charge >= 0.3 is 5.97 Å². The lowest BCUT2D eigenvalue weighted by atomic mass is 10.1. The van der Waals surface area contributed by atoms with Crippen LogP contribution in [-0.2, 0) is 11.3 Å². The number of hydrogen-bond donors (Lipinski definition) is 0. The third kappa shape index (κ3) is 3.55. The largest absolute Gasteiger partial charge is 0.465 e. The average molecular weight is 357 g/mol. The molecule has 0 N–H and O–H groups in total. The van der Waals surface area contributed by atoms with Gasteiger partial charge in [-0.3, -0.25) is 0 Å². The maximum atomic E-state index is 12.3. The number of rotatable bonds is 5. The van der Waals surface area contributed by atoms with Gasteiger partial charge < -0.3 is 14.0 Å². The van der Waals surface area contributed by atoms with Crippen LogP contribution in [0.2, 0.25) is 0 Å². The highest BCUT2D eigenvalue weighted by Gasteiger charge is 2.16. The van der Waals surface area contributed by atoms with Crippen LogP contribution in [0, 0.1) is 0 Å². The Kier molecular flexibility index (Phi) is 4.62. The summed E-state index contributed by atoms with van der Waals surface area (Å²) in [5, 5.41) is 0.811. The van der Waals surface area contributed by atoms with E-state index in [-0.39, 0.29) is 5.97 Å². The van der Waals surface area contributed by atoms with Crippen molar-refractivity contribution >= 4 is 16.9 Å². The highest BCUT2D eigenvalue weighted by molar-refractivity contribution is 6.04. The van der Waals surface area contributed by atoms with E-state index in [1.165, 1.54) is 7.11 Å². The van der Waals surface area contributed by atoms with Gasteiger partial charge in [0.1, 0.15) is 11.5 Å². The van der Waals surface area contributed by atoms with Crippen LogP contribution in [-0.4, -0.2) is 17.6 Å². The summed E-state index contributed by atoms with van der Waals surface area (Å²) in [7, 11) is 1.40. The second-order valence-corrected chi connectivity index (χ2v) is 6.24. The fourth-order valence-electron chi connectivity index (χ4n) is 3.15. The van der Waals surface area contributed by atoms with Crippen molar-refractivity contribution in [2.24, 2.45) is 0 Å². The van der Waals surface area contributed by atoms with Gasteiger partial charge in [0, 0.05) is 23.6 Å². The van der Waals surface area contributed by atoms with Gasteiger partial charge in [0.2, 0.25) is 0 Å². The molecule has 134 valence electrons. The number of ether oxygens (including phenoxy) is 2. The Balaban J connectivity index is 1.76. The van der Waals surface area contributed by atoms with Crippen LogP contribution in [0.15, 0.2) is 85.1 Å². The van der Waals surface area contributed by atoms with E-state index in [4.69, 9.17) is 9.47 Å². The molecule has 0 radical (unpaired) electrons. The average Bonchev–Trinajstić information content (AvgIpc) is 3.06. The Morgan fingerprint density at radius 3 is 2.30 bits per heavy atom. The Morgan fingerprint density at radius 1 is 0.889 bits per heavy atom. The second kappa shape index (κ2) is 7.38. The quantitative estimate of drug-likeness (QED) is 0.457. The monoisotopic (exact) mass is 357 g/mol. The molecule has 0 aliphatic rings. The third-order valence-electron chi connectivity index (χ3n) is 4.43. The van der Waals surface area contributed by atoms with E-state index in [1.807, 2.05) is 72.9 Å². The SMILES string of the molecule is COC(=O)c1cn(Cc2ccccc2)c2ccc(Oc3ccccc3)cc12. The topological polar surface area (TPSA) is 40.5 Å². The molecule has 0 amide bonds. The molecule has 0 fully saturated rings. The molecule has 0 bridgehead atoms. The van der Waals surface area contributed by atoms with Crippen LogP contribution < -0.4 is 4.74 Å². The molecule has 4 heteroatoms. The van der Waals surface area contributed by atoms with Gasteiger partial charge in [0.05, 0.1) is 12.7 Å².